The molecule has 0 atom stereocenters. The molecule has 0 spiro atoms. The smallest absolute Gasteiger partial charge is 0.275 e. The van der Waals surface area contributed by atoms with Crippen LogP contribution in [0, 0.1) is 24.0 Å². The molecule has 1 aromatic heterocycles. The van der Waals surface area contributed by atoms with Gasteiger partial charge in [0.2, 0.25) is 0 Å². The zero-order chi connectivity index (χ0) is 14.9. The summed E-state index contributed by atoms with van der Waals surface area (Å²) < 4.78 is 0. The first-order valence-corrected chi connectivity index (χ1v) is 6.54. The van der Waals surface area contributed by atoms with E-state index in [0.717, 1.165) is 16.9 Å². The Morgan fingerprint density at radius 2 is 2.10 bits per heavy atom. The van der Waals surface area contributed by atoms with Crippen LogP contribution in [0.5, 0.6) is 0 Å². The maximum absolute atomic E-state index is 12.0. The summed E-state index contributed by atoms with van der Waals surface area (Å²) in [5, 5.41) is 15.3. The molecule has 0 bridgehead atoms. The molecule has 0 aliphatic rings. The van der Waals surface area contributed by atoms with Crippen molar-refractivity contribution in [2.24, 2.45) is 0 Å². The maximum Gasteiger partial charge on any atom is 0.275 e. The number of nitro groups is 1. The van der Waals surface area contributed by atoms with Crippen LogP contribution >= 0.6 is 11.3 Å². The van der Waals surface area contributed by atoms with Gasteiger partial charge in [0.15, 0.2) is 5.13 Å². The van der Waals surface area contributed by atoms with Crippen molar-refractivity contribution < 1.29 is 9.72 Å². The molecule has 20 heavy (non-hydrogen) atoms. The van der Waals surface area contributed by atoms with Gasteiger partial charge in [-0.2, -0.15) is 0 Å². The summed E-state index contributed by atoms with van der Waals surface area (Å²) in [6, 6.07) is 3.00. The molecule has 0 saturated heterocycles. The topological polar surface area (TPSA) is 111 Å². The van der Waals surface area contributed by atoms with Crippen LogP contribution in [0.25, 0.3) is 0 Å². The molecule has 2 aromatic rings. The molecule has 8 heteroatoms. The summed E-state index contributed by atoms with van der Waals surface area (Å²) in [6.45, 7) is 3.42. The average Bonchev–Trinajstić information content (AvgIpc) is 2.79. The number of hydrogen-bond donors (Lipinski definition) is 2. The number of amides is 1. The van der Waals surface area contributed by atoms with Gasteiger partial charge >= 0.3 is 0 Å². The lowest BCUT2D eigenvalue weighted by Crippen LogP contribution is -2.13. The number of nitrogens with zero attached hydrogens (tertiary/aromatic N) is 2. The van der Waals surface area contributed by atoms with Gasteiger partial charge in [-0.25, -0.2) is 4.98 Å². The summed E-state index contributed by atoms with van der Waals surface area (Å²) in [5.41, 5.74) is 7.29. The van der Waals surface area contributed by atoms with E-state index >= 15 is 0 Å². The van der Waals surface area contributed by atoms with Crippen molar-refractivity contribution >= 4 is 33.8 Å². The molecule has 104 valence electrons. The number of nitrogens with two attached hydrogens (primary N) is 1. The molecule has 0 fully saturated rings. The first-order chi connectivity index (χ1) is 9.38. The molecular weight excluding hydrogens is 280 g/mol. The predicted octanol–water partition coefficient (Wildman–Crippen LogP) is 2.50. The van der Waals surface area contributed by atoms with Crippen molar-refractivity contribution in [3.8, 4) is 0 Å². The minimum Gasteiger partial charge on any atom is -0.375 e. The summed E-state index contributed by atoms with van der Waals surface area (Å²) in [7, 11) is 0. The van der Waals surface area contributed by atoms with Gasteiger partial charge in [-0.05, 0) is 25.5 Å². The fourth-order valence-corrected chi connectivity index (χ4v) is 2.29. The molecule has 0 saturated carbocycles. The highest BCUT2D eigenvalue weighted by Crippen LogP contribution is 2.26. The molecule has 0 aliphatic heterocycles. The van der Waals surface area contributed by atoms with Gasteiger partial charge in [-0.1, -0.05) is 0 Å². The zero-order valence-corrected chi connectivity index (χ0v) is 11.7. The first kappa shape index (κ1) is 13.9. The van der Waals surface area contributed by atoms with E-state index in [0.29, 0.717) is 16.4 Å². The maximum atomic E-state index is 12.0. The van der Waals surface area contributed by atoms with Crippen LogP contribution in [0.2, 0.25) is 0 Å². The minimum absolute atomic E-state index is 0.0382. The van der Waals surface area contributed by atoms with Crippen molar-refractivity contribution in [1.82, 2.24) is 4.98 Å². The monoisotopic (exact) mass is 292 g/mol. The van der Waals surface area contributed by atoms with Crippen molar-refractivity contribution in [2.75, 3.05) is 11.1 Å². The quantitative estimate of drug-likeness (QED) is 0.667. The van der Waals surface area contributed by atoms with Crippen LogP contribution in [-0.2, 0) is 0 Å². The summed E-state index contributed by atoms with van der Waals surface area (Å²) in [4.78, 5) is 26.2. The Kier molecular flexibility index (Phi) is 3.66. The van der Waals surface area contributed by atoms with Gasteiger partial charge in [-0.3, -0.25) is 14.9 Å². The van der Waals surface area contributed by atoms with E-state index < -0.39 is 10.8 Å². The van der Waals surface area contributed by atoms with Gasteiger partial charge in [0, 0.05) is 17.0 Å². The third-order valence-corrected chi connectivity index (χ3v) is 3.42. The Morgan fingerprint density at radius 3 is 2.65 bits per heavy atom. The molecule has 0 unspecified atom stereocenters. The highest BCUT2D eigenvalue weighted by molar-refractivity contribution is 7.13. The highest BCUT2D eigenvalue weighted by atomic mass is 32.1. The summed E-state index contributed by atoms with van der Waals surface area (Å²) >= 11 is 1.16. The Balaban J connectivity index is 2.31. The van der Waals surface area contributed by atoms with E-state index in [1.54, 1.807) is 19.9 Å². The number of aromatic nitrogens is 1. The van der Waals surface area contributed by atoms with E-state index in [9.17, 15) is 14.9 Å². The molecule has 1 amide bonds. The van der Waals surface area contributed by atoms with Crippen molar-refractivity contribution in [2.45, 2.75) is 13.8 Å². The van der Waals surface area contributed by atoms with Crippen molar-refractivity contribution in [1.29, 1.82) is 0 Å². The lowest BCUT2D eigenvalue weighted by atomic mass is 10.1. The lowest BCUT2D eigenvalue weighted by molar-refractivity contribution is -0.385. The van der Waals surface area contributed by atoms with Gasteiger partial charge in [0.05, 0.1) is 10.6 Å². The Hall–Kier alpha value is -2.48. The second-order valence-corrected chi connectivity index (χ2v) is 5.13. The number of carbonyl (C=O) groups is 1. The van der Waals surface area contributed by atoms with Gasteiger partial charge in [0.1, 0.15) is 5.69 Å². The van der Waals surface area contributed by atoms with Gasteiger partial charge in [-0.15, -0.1) is 11.3 Å². The molecule has 0 radical (unpaired) electrons. The third-order valence-electron chi connectivity index (χ3n) is 2.74. The number of hydrogen-bond acceptors (Lipinski definition) is 6. The number of anilines is 2. The van der Waals surface area contributed by atoms with E-state index in [1.807, 2.05) is 0 Å². The van der Waals surface area contributed by atoms with Crippen molar-refractivity contribution in [3.63, 3.8) is 0 Å². The largest absolute Gasteiger partial charge is 0.375 e. The number of nitrogens with one attached hydrogen (secondary N) is 1. The highest BCUT2D eigenvalue weighted by Gasteiger charge is 2.16. The Bertz CT molecular complexity index is 696. The second-order valence-electron chi connectivity index (χ2n) is 4.24. The Morgan fingerprint density at radius 1 is 1.40 bits per heavy atom. The van der Waals surface area contributed by atoms with Crippen LogP contribution in [0.4, 0.5) is 16.5 Å². The number of aryl methyl sites for hydroxylation is 2. The summed E-state index contributed by atoms with van der Waals surface area (Å²) in [5.74, 6) is -0.445. The Labute approximate surface area is 118 Å². The number of carbonyl (C=O) groups excluding carboxylic acids is 1. The van der Waals surface area contributed by atoms with E-state index in [-0.39, 0.29) is 11.4 Å². The molecule has 1 aromatic carbocycles. The van der Waals surface area contributed by atoms with E-state index in [1.165, 1.54) is 11.4 Å². The predicted molar refractivity (Wildman–Crippen MR) is 77.1 cm³/mol. The molecule has 2 rings (SSSR count). The summed E-state index contributed by atoms with van der Waals surface area (Å²) in [6.07, 6.45) is 0. The van der Waals surface area contributed by atoms with E-state index in [2.05, 4.69) is 10.3 Å². The molecule has 3 N–H and O–H groups in total. The third kappa shape index (κ3) is 2.75. The normalized spacial score (nSPS) is 10.3. The van der Waals surface area contributed by atoms with Crippen LogP contribution in [0.1, 0.15) is 21.6 Å². The van der Waals surface area contributed by atoms with Gasteiger partial charge in [0.25, 0.3) is 11.6 Å². The van der Waals surface area contributed by atoms with Crippen LogP contribution < -0.4 is 11.1 Å². The van der Waals surface area contributed by atoms with Gasteiger partial charge < -0.3 is 11.1 Å². The number of rotatable bonds is 3. The van der Waals surface area contributed by atoms with Crippen LogP contribution in [0.3, 0.4) is 0 Å². The fourth-order valence-electron chi connectivity index (χ4n) is 1.75. The van der Waals surface area contributed by atoms with Crippen molar-refractivity contribution in [3.05, 3.63) is 44.4 Å². The molecule has 1 heterocycles. The molecule has 0 aliphatic carbocycles. The fraction of sp³-hybridized carbons (Fsp3) is 0.167. The number of nitrogen functional groups attached to an aromatic ring is 1. The minimum atomic E-state index is -0.481. The SMILES string of the molecule is Cc1cc(C)c([N+](=O)[O-])cc1NC(=O)c1csc(N)n1. The molecular formula is C12H12N4O3S. The zero-order valence-electron chi connectivity index (χ0n) is 10.8. The molecule has 7 nitrogen and oxygen atoms in total. The average molecular weight is 292 g/mol. The van der Waals surface area contributed by atoms with E-state index in [4.69, 9.17) is 5.73 Å². The number of thiazole rings is 1. The van der Waals surface area contributed by atoms with Crippen LogP contribution in [0.15, 0.2) is 17.5 Å². The first-order valence-electron chi connectivity index (χ1n) is 5.66. The number of nitro benzene ring substituents is 1. The number of benzene rings is 1. The lowest BCUT2D eigenvalue weighted by Gasteiger charge is -2.08. The standard InChI is InChI=1S/C12H12N4O3S/c1-6-3-7(2)10(16(18)19)4-8(6)14-11(17)9-5-20-12(13)15-9/h3-5H,1-2H3,(H2,13,15)(H,14,17). The van der Waals surface area contributed by atoms with Crippen LogP contribution in [-0.4, -0.2) is 15.8 Å². The second kappa shape index (κ2) is 5.25.